The molecular formula is C13H10N2O2S2. The van der Waals surface area contributed by atoms with Crippen LogP contribution in [0.15, 0.2) is 40.3 Å². The zero-order valence-corrected chi connectivity index (χ0v) is 11.7. The molecule has 0 bridgehead atoms. The zero-order valence-electron chi connectivity index (χ0n) is 10.0. The fourth-order valence-electron chi connectivity index (χ4n) is 1.58. The lowest BCUT2D eigenvalue weighted by Crippen LogP contribution is -2.10. The molecule has 1 amide bonds. The largest absolute Gasteiger partial charge is 0.450 e. The molecule has 0 saturated carbocycles. The van der Waals surface area contributed by atoms with E-state index in [0.29, 0.717) is 10.9 Å². The van der Waals surface area contributed by atoms with Gasteiger partial charge in [0, 0.05) is 11.1 Å². The van der Waals surface area contributed by atoms with Crippen LogP contribution < -0.4 is 5.32 Å². The van der Waals surface area contributed by atoms with Gasteiger partial charge in [-0.2, -0.15) is 0 Å². The normalized spacial score (nSPS) is 10.6. The molecule has 96 valence electrons. The van der Waals surface area contributed by atoms with Gasteiger partial charge in [0.1, 0.15) is 5.76 Å². The monoisotopic (exact) mass is 290 g/mol. The van der Waals surface area contributed by atoms with Gasteiger partial charge in [0.2, 0.25) is 0 Å². The first-order valence-corrected chi connectivity index (χ1v) is 7.29. The van der Waals surface area contributed by atoms with Gasteiger partial charge < -0.3 is 4.42 Å². The Morgan fingerprint density at radius 1 is 1.37 bits per heavy atom. The summed E-state index contributed by atoms with van der Waals surface area (Å²) >= 11 is 3.01. The van der Waals surface area contributed by atoms with Crippen molar-refractivity contribution in [3.05, 3.63) is 46.5 Å². The number of hydrogen-bond acceptors (Lipinski definition) is 5. The number of thiazole rings is 1. The minimum absolute atomic E-state index is 0.280. The van der Waals surface area contributed by atoms with E-state index >= 15 is 0 Å². The molecule has 1 N–H and O–H groups in total. The Hall–Kier alpha value is -1.92. The summed E-state index contributed by atoms with van der Waals surface area (Å²) < 4.78 is 5.54. The smallest absolute Gasteiger partial charge is 0.293 e. The summed E-state index contributed by atoms with van der Waals surface area (Å²) in [6.45, 7) is 1.94. The van der Waals surface area contributed by atoms with Crippen LogP contribution >= 0.6 is 22.7 Å². The second-order valence-electron chi connectivity index (χ2n) is 3.87. The number of carbonyl (C=O) groups is 1. The van der Waals surface area contributed by atoms with Gasteiger partial charge in [-0.15, -0.1) is 22.7 Å². The molecule has 0 aliphatic heterocycles. The molecule has 4 nitrogen and oxygen atoms in total. The highest BCUT2D eigenvalue weighted by Crippen LogP contribution is 2.27. The number of thiophene rings is 1. The molecule has 0 aliphatic rings. The number of nitrogens with zero attached hydrogens (tertiary/aromatic N) is 1. The molecule has 0 aromatic carbocycles. The van der Waals surface area contributed by atoms with Gasteiger partial charge in [-0.05, 0) is 30.5 Å². The lowest BCUT2D eigenvalue weighted by atomic mass is 10.3. The fraction of sp³-hybridized carbons (Fsp3) is 0.0769. The van der Waals surface area contributed by atoms with Gasteiger partial charge in [-0.25, -0.2) is 4.98 Å². The number of rotatable bonds is 3. The van der Waals surface area contributed by atoms with Crippen LogP contribution in [0.1, 0.15) is 15.4 Å². The summed E-state index contributed by atoms with van der Waals surface area (Å²) in [5, 5.41) is 5.26. The molecule has 6 heteroatoms. The number of aryl methyl sites for hydroxylation is 1. The Balaban J connectivity index is 1.77. The molecule has 0 unspecified atom stereocenters. The van der Waals surface area contributed by atoms with Crippen LogP contribution in [0.4, 0.5) is 5.13 Å². The third kappa shape index (κ3) is 2.59. The lowest BCUT2D eigenvalue weighted by molar-refractivity contribution is 0.0997. The van der Waals surface area contributed by atoms with Crippen LogP contribution in [0.2, 0.25) is 0 Å². The molecule has 0 spiro atoms. The van der Waals surface area contributed by atoms with Crippen LogP contribution in [0.5, 0.6) is 0 Å². The number of hydrogen-bond donors (Lipinski definition) is 1. The molecule has 3 aromatic heterocycles. The summed E-state index contributed by atoms with van der Waals surface area (Å²) in [6, 6.07) is 7.37. The number of anilines is 1. The van der Waals surface area contributed by atoms with Crippen molar-refractivity contribution in [2.75, 3.05) is 5.32 Å². The standard InChI is InChI=1S/C13H10N2O2S2/c1-8-7-14-13(19-8)15-12(16)10-5-4-9(17-10)11-3-2-6-18-11/h2-7H,1H3,(H,14,15,16). The van der Waals surface area contributed by atoms with Crippen LogP contribution in [-0.2, 0) is 0 Å². The lowest BCUT2D eigenvalue weighted by Gasteiger charge is -1.97. The van der Waals surface area contributed by atoms with Crippen molar-refractivity contribution in [1.29, 1.82) is 0 Å². The maximum atomic E-state index is 12.0. The number of aromatic nitrogens is 1. The third-order valence-electron chi connectivity index (χ3n) is 2.44. The highest BCUT2D eigenvalue weighted by molar-refractivity contribution is 7.15. The number of amides is 1. The van der Waals surface area contributed by atoms with E-state index < -0.39 is 0 Å². The molecule has 0 fully saturated rings. The van der Waals surface area contributed by atoms with E-state index in [-0.39, 0.29) is 11.7 Å². The molecule has 0 saturated heterocycles. The second kappa shape index (κ2) is 4.99. The van der Waals surface area contributed by atoms with Gasteiger partial charge in [-0.1, -0.05) is 6.07 Å². The van der Waals surface area contributed by atoms with E-state index in [9.17, 15) is 4.79 Å². The molecule has 3 heterocycles. The SMILES string of the molecule is Cc1cnc(NC(=O)c2ccc(-c3cccs3)o2)s1. The average Bonchev–Trinajstić information content (AvgIpc) is 3.08. The number of carbonyl (C=O) groups excluding carboxylic acids is 1. The fourth-order valence-corrected chi connectivity index (χ4v) is 2.93. The maximum Gasteiger partial charge on any atom is 0.293 e. The molecule has 0 aliphatic carbocycles. The second-order valence-corrected chi connectivity index (χ2v) is 6.05. The minimum Gasteiger partial charge on any atom is -0.450 e. The van der Waals surface area contributed by atoms with Crippen LogP contribution in [0, 0.1) is 6.92 Å². The van der Waals surface area contributed by atoms with Gasteiger partial charge >= 0.3 is 0 Å². The molecule has 0 radical (unpaired) electrons. The van der Waals surface area contributed by atoms with E-state index in [1.807, 2.05) is 24.4 Å². The molecular weight excluding hydrogens is 280 g/mol. The maximum absolute atomic E-state index is 12.0. The first-order valence-electron chi connectivity index (χ1n) is 5.60. The molecule has 19 heavy (non-hydrogen) atoms. The van der Waals surface area contributed by atoms with Gasteiger partial charge in [0.15, 0.2) is 10.9 Å². The zero-order chi connectivity index (χ0) is 13.2. The van der Waals surface area contributed by atoms with Crippen LogP contribution in [0.3, 0.4) is 0 Å². The third-order valence-corrected chi connectivity index (χ3v) is 4.15. The van der Waals surface area contributed by atoms with E-state index in [1.54, 1.807) is 29.7 Å². The average molecular weight is 290 g/mol. The predicted octanol–water partition coefficient (Wildman–Crippen LogP) is 4.03. The van der Waals surface area contributed by atoms with Crippen molar-refractivity contribution >= 4 is 33.7 Å². The highest BCUT2D eigenvalue weighted by atomic mass is 32.1. The summed E-state index contributed by atoms with van der Waals surface area (Å²) in [6.07, 6.45) is 1.72. The van der Waals surface area contributed by atoms with Gasteiger partial charge in [0.05, 0.1) is 4.88 Å². The van der Waals surface area contributed by atoms with Crippen molar-refractivity contribution in [2.45, 2.75) is 6.92 Å². The Morgan fingerprint density at radius 2 is 2.26 bits per heavy atom. The van der Waals surface area contributed by atoms with E-state index in [0.717, 1.165) is 9.75 Å². The summed E-state index contributed by atoms with van der Waals surface area (Å²) in [5.74, 6) is 0.712. The van der Waals surface area contributed by atoms with Crippen molar-refractivity contribution < 1.29 is 9.21 Å². The first kappa shape index (κ1) is 12.1. The predicted molar refractivity (Wildman–Crippen MR) is 76.8 cm³/mol. The topological polar surface area (TPSA) is 55.1 Å². The van der Waals surface area contributed by atoms with Gasteiger partial charge in [-0.3, -0.25) is 10.1 Å². The van der Waals surface area contributed by atoms with Crippen molar-refractivity contribution in [3.63, 3.8) is 0 Å². The van der Waals surface area contributed by atoms with Crippen molar-refractivity contribution in [3.8, 4) is 10.6 Å². The Kier molecular flexibility index (Phi) is 3.18. The molecule has 3 rings (SSSR count). The van der Waals surface area contributed by atoms with Crippen LogP contribution in [-0.4, -0.2) is 10.9 Å². The van der Waals surface area contributed by atoms with E-state index in [1.165, 1.54) is 11.3 Å². The summed E-state index contributed by atoms with van der Waals surface area (Å²) in [7, 11) is 0. The number of nitrogens with one attached hydrogen (secondary N) is 1. The quantitative estimate of drug-likeness (QED) is 0.792. The van der Waals surface area contributed by atoms with Crippen molar-refractivity contribution in [1.82, 2.24) is 4.98 Å². The summed E-state index contributed by atoms with van der Waals surface area (Å²) in [4.78, 5) is 18.1. The van der Waals surface area contributed by atoms with Gasteiger partial charge in [0.25, 0.3) is 5.91 Å². The van der Waals surface area contributed by atoms with Crippen molar-refractivity contribution in [2.24, 2.45) is 0 Å². The summed E-state index contributed by atoms with van der Waals surface area (Å²) in [5.41, 5.74) is 0. The van der Waals surface area contributed by atoms with E-state index in [2.05, 4.69) is 10.3 Å². The molecule has 0 atom stereocenters. The van der Waals surface area contributed by atoms with Crippen LogP contribution in [0.25, 0.3) is 10.6 Å². The Labute approximate surface area is 117 Å². The Bertz CT molecular complexity index is 698. The minimum atomic E-state index is -0.280. The van der Waals surface area contributed by atoms with E-state index in [4.69, 9.17) is 4.42 Å². The number of furan rings is 1. The molecule has 3 aromatic rings. The Morgan fingerprint density at radius 3 is 2.95 bits per heavy atom. The highest BCUT2D eigenvalue weighted by Gasteiger charge is 2.14. The first-order chi connectivity index (χ1) is 9.22.